The van der Waals surface area contributed by atoms with Crippen molar-refractivity contribution in [2.45, 2.75) is 25.3 Å². The van der Waals surface area contributed by atoms with Gasteiger partial charge in [0.25, 0.3) is 0 Å². The van der Waals surface area contributed by atoms with Crippen molar-refractivity contribution < 1.29 is 0 Å². The van der Waals surface area contributed by atoms with Crippen molar-refractivity contribution >= 4 is 11.3 Å². The average molecular weight is 248 g/mol. The molecular formula is C12H16N4S. The zero-order chi connectivity index (χ0) is 11.7. The molecule has 3 heterocycles. The van der Waals surface area contributed by atoms with E-state index in [0.29, 0.717) is 11.8 Å². The zero-order valence-corrected chi connectivity index (χ0v) is 10.7. The van der Waals surface area contributed by atoms with Crippen LogP contribution in [0.1, 0.15) is 29.5 Å². The van der Waals surface area contributed by atoms with Gasteiger partial charge in [-0.05, 0) is 0 Å². The first-order valence-corrected chi connectivity index (χ1v) is 6.82. The molecule has 0 aromatic carbocycles. The molecule has 1 saturated heterocycles. The molecule has 1 aliphatic rings. The van der Waals surface area contributed by atoms with Crippen LogP contribution in [0.25, 0.3) is 0 Å². The number of imidazole rings is 1. The molecule has 0 spiro atoms. The fourth-order valence-corrected chi connectivity index (χ4v) is 2.86. The van der Waals surface area contributed by atoms with Gasteiger partial charge in [0, 0.05) is 54.9 Å². The van der Waals surface area contributed by atoms with Crippen molar-refractivity contribution in [3.63, 3.8) is 0 Å². The predicted molar refractivity (Wildman–Crippen MR) is 68.4 cm³/mol. The van der Waals surface area contributed by atoms with E-state index in [1.54, 1.807) is 11.3 Å². The Bertz CT molecular complexity index is 472. The Morgan fingerprint density at radius 1 is 1.59 bits per heavy atom. The maximum absolute atomic E-state index is 4.38. The first kappa shape index (κ1) is 10.9. The maximum Gasteiger partial charge on any atom is 0.0970 e. The number of nitrogens with zero attached hydrogens (tertiary/aromatic N) is 3. The molecule has 4 nitrogen and oxygen atoms in total. The predicted octanol–water partition coefficient (Wildman–Crippen LogP) is 1.83. The van der Waals surface area contributed by atoms with Crippen LogP contribution in [-0.2, 0) is 6.54 Å². The summed E-state index contributed by atoms with van der Waals surface area (Å²) in [6, 6.07) is 0. The van der Waals surface area contributed by atoms with Crippen molar-refractivity contribution in [1.29, 1.82) is 0 Å². The van der Waals surface area contributed by atoms with Crippen LogP contribution in [0.5, 0.6) is 0 Å². The van der Waals surface area contributed by atoms with Crippen LogP contribution in [-0.4, -0.2) is 27.6 Å². The summed E-state index contributed by atoms with van der Waals surface area (Å²) in [6.45, 7) is 5.36. The number of hydrogen-bond acceptors (Lipinski definition) is 4. The van der Waals surface area contributed by atoms with Gasteiger partial charge in [0.2, 0.25) is 0 Å². The van der Waals surface area contributed by atoms with Gasteiger partial charge >= 0.3 is 0 Å². The Morgan fingerprint density at radius 2 is 2.47 bits per heavy atom. The van der Waals surface area contributed by atoms with E-state index in [4.69, 9.17) is 0 Å². The number of hydrogen-bond donors (Lipinski definition) is 1. The summed E-state index contributed by atoms with van der Waals surface area (Å²) in [5.74, 6) is 1.09. The summed E-state index contributed by atoms with van der Waals surface area (Å²) in [5.41, 5.74) is 1.35. The fraction of sp³-hybridized carbons (Fsp3) is 0.500. The molecule has 0 aliphatic carbocycles. The summed E-state index contributed by atoms with van der Waals surface area (Å²) < 4.78 is 2.28. The van der Waals surface area contributed by atoms with Crippen LogP contribution < -0.4 is 5.32 Å². The highest BCUT2D eigenvalue weighted by Crippen LogP contribution is 2.24. The van der Waals surface area contributed by atoms with E-state index in [2.05, 4.69) is 26.8 Å². The number of rotatable bonds is 4. The molecule has 2 aromatic heterocycles. The summed E-state index contributed by atoms with van der Waals surface area (Å²) in [4.78, 5) is 8.66. The molecule has 1 atom stereocenters. The monoisotopic (exact) mass is 248 g/mol. The average Bonchev–Trinajstić information content (AvgIpc) is 2.86. The van der Waals surface area contributed by atoms with E-state index in [0.717, 1.165) is 19.6 Å². The fourth-order valence-electron chi connectivity index (χ4n) is 2.17. The molecule has 1 aliphatic heterocycles. The Labute approximate surface area is 105 Å². The van der Waals surface area contributed by atoms with Gasteiger partial charge in [-0.2, -0.15) is 0 Å². The Hall–Kier alpha value is -1.20. The molecule has 3 rings (SSSR count). The maximum atomic E-state index is 4.38. The lowest BCUT2D eigenvalue weighted by Crippen LogP contribution is -2.41. The molecule has 0 amide bonds. The van der Waals surface area contributed by atoms with Crippen molar-refractivity contribution in [1.82, 2.24) is 19.9 Å². The molecule has 1 unspecified atom stereocenters. The van der Waals surface area contributed by atoms with E-state index in [1.807, 2.05) is 24.1 Å². The van der Waals surface area contributed by atoms with Crippen molar-refractivity contribution in [2.75, 3.05) is 13.1 Å². The highest BCUT2D eigenvalue weighted by molar-refractivity contribution is 7.09. The molecule has 0 saturated carbocycles. The highest BCUT2D eigenvalue weighted by Gasteiger charge is 2.23. The molecule has 1 N–H and O–H groups in total. The SMILES string of the molecule is CC(Cn1cncc1C1CNC1)c1nccs1. The lowest BCUT2D eigenvalue weighted by molar-refractivity contribution is 0.418. The largest absolute Gasteiger partial charge is 0.334 e. The van der Waals surface area contributed by atoms with Crippen LogP contribution >= 0.6 is 11.3 Å². The first-order valence-electron chi connectivity index (χ1n) is 5.94. The summed E-state index contributed by atoms with van der Waals surface area (Å²) in [7, 11) is 0. The van der Waals surface area contributed by atoms with Gasteiger partial charge in [-0.1, -0.05) is 6.92 Å². The van der Waals surface area contributed by atoms with E-state index in [1.165, 1.54) is 10.7 Å². The van der Waals surface area contributed by atoms with Crippen molar-refractivity contribution in [3.05, 3.63) is 34.8 Å². The molecule has 5 heteroatoms. The molecule has 17 heavy (non-hydrogen) atoms. The summed E-state index contributed by atoms with van der Waals surface area (Å²) in [5, 5.41) is 6.55. The third kappa shape index (κ3) is 2.12. The van der Waals surface area contributed by atoms with E-state index >= 15 is 0 Å². The van der Waals surface area contributed by atoms with Gasteiger partial charge in [-0.15, -0.1) is 11.3 Å². The minimum absolute atomic E-state index is 0.455. The highest BCUT2D eigenvalue weighted by atomic mass is 32.1. The van der Waals surface area contributed by atoms with Gasteiger partial charge in [0.05, 0.1) is 11.3 Å². The third-order valence-corrected chi connectivity index (χ3v) is 4.29. The lowest BCUT2D eigenvalue weighted by atomic mass is 9.99. The second-order valence-electron chi connectivity index (χ2n) is 4.60. The van der Waals surface area contributed by atoms with E-state index < -0.39 is 0 Å². The Balaban J connectivity index is 1.74. The third-order valence-electron chi connectivity index (χ3n) is 3.29. The van der Waals surface area contributed by atoms with Crippen molar-refractivity contribution in [3.8, 4) is 0 Å². The van der Waals surface area contributed by atoms with Gasteiger partial charge < -0.3 is 9.88 Å². The topological polar surface area (TPSA) is 42.7 Å². The minimum Gasteiger partial charge on any atom is -0.334 e. The Kier molecular flexibility index (Phi) is 2.94. The normalized spacial score (nSPS) is 17.9. The first-order chi connectivity index (χ1) is 8.34. The zero-order valence-electron chi connectivity index (χ0n) is 9.84. The van der Waals surface area contributed by atoms with Crippen LogP contribution in [0.3, 0.4) is 0 Å². The second kappa shape index (κ2) is 4.58. The van der Waals surface area contributed by atoms with E-state index in [9.17, 15) is 0 Å². The molecular weight excluding hydrogens is 232 g/mol. The Morgan fingerprint density at radius 3 is 3.12 bits per heavy atom. The van der Waals surface area contributed by atoms with Gasteiger partial charge in [-0.25, -0.2) is 9.97 Å². The summed E-state index contributed by atoms with van der Waals surface area (Å²) >= 11 is 1.73. The second-order valence-corrected chi connectivity index (χ2v) is 5.52. The molecule has 2 aromatic rings. The molecule has 0 bridgehead atoms. The lowest BCUT2D eigenvalue weighted by Gasteiger charge is -2.28. The quantitative estimate of drug-likeness (QED) is 0.897. The summed E-state index contributed by atoms with van der Waals surface area (Å²) in [6.07, 6.45) is 5.82. The van der Waals surface area contributed by atoms with Crippen LogP contribution in [0.4, 0.5) is 0 Å². The van der Waals surface area contributed by atoms with Gasteiger partial charge in [-0.3, -0.25) is 0 Å². The van der Waals surface area contributed by atoms with Crippen LogP contribution in [0.2, 0.25) is 0 Å². The molecule has 90 valence electrons. The minimum atomic E-state index is 0.455. The van der Waals surface area contributed by atoms with Crippen LogP contribution in [0, 0.1) is 0 Å². The molecule has 0 radical (unpaired) electrons. The van der Waals surface area contributed by atoms with E-state index in [-0.39, 0.29) is 0 Å². The van der Waals surface area contributed by atoms with Gasteiger partial charge in [0.1, 0.15) is 0 Å². The standard InChI is InChI=1S/C12H16N4S/c1-9(12-15-2-3-17-12)7-16-8-14-6-11(16)10-4-13-5-10/h2-3,6,8-10,13H,4-5,7H2,1H3. The van der Waals surface area contributed by atoms with Gasteiger partial charge in [0.15, 0.2) is 0 Å². The molecule has 1 fully saturated rings. The number of aromatic nitrogens is 3. The van der Waals surface area contributed by atoms with Crippen LogP contribution in [0.15, 0.2) is 24.1 Å². The van der Waals surface area contributed by atoms with Crippen molar-refractivity contribution in [2.24, 2.45) is 0 Å². The number of nitrogens with one attached hydrogen (secondary N) is 1. The smallest absolute Gasteiger partial charge is 0.0970 e. The number of thiazole rings is 1.